The van der Waals surface area contributed by atoms with E-state index in [0.29, 0.717) is 18.7 Å². The molecule has 2 heterocycles. The number of hydrogen-bond donors (Lipinski definition) is 0. The Morgan fingerprint density at radius 2 is 1.95 bits per heavy atom. The van der Waals surface area contributed by atoms with Gasteiger partial charge in [-0.25, -0.2) is 23.1 Å². The summed E-state index contributed by atoms with van der Waals surface area (Å²) in [4.78, 5) is 10.8. The summed E-state index contributed by atoms with van der Waals surface area (Å²) in [5.41, 5.74) is 2.46. The topological polar surface area (TPSA) is 29.0 Å². The number of hydrogen-bond acceptors (Lipinski definition) is 4. The van der Waals surface area contributed by atoms with E-state index in [4.69, 9.17) is 0 Å². The highest BCUT2D eigenvalue weighted by Gasteiger charge is 2.19. The van der Waals surface area contributed by atoms with Gasteiger partial charge in [0, 0.05) is 37.8 Å². The van der Waals surface area contributed by atoms with Gasteiger partial charge in [0.05, 0.1) is 5.69 Å². The number of thioether (sulfide) groups is 1. The number of aromatic nitrogens is 2. The summed E-state index contributed by atoms with van der Waals surface area (Å²) in [6.45, 7) is 1.71. The Labute approximate surface area is 130 Å². The van der Waals surface area contributed by atoms with Crippen molar-refractivity contribution < 1.29 is 13.2 Å². The van der Waals surface area contributed by atoms with Crippen LogP contribution in [0.25, 0.3) is 0 Å². The summed E-state index contributed by atoms with van der Waals surface area (Å²) in [5.74, 6) is -3.73. The van der Waals surface area contributed by atoms with Crippen LogP contribution in [0.2, 0.25) is 0 Å². The molecule has 0 aliphatic carbocycles. The maximum absolute atomic E-state index is 13.3. The second-order valence-electron chi connectivity index (χ2n) is 5.16. The van der Waals surface area contributed by atoms with Crippen molar-refractivity contribution in [1.82, 2.24) is 14.9 Å². The van der Waals surface area contributed by atoms with Gasteiger partial charge in [-0.15, -0.1) is 0 Å². The molecule has 3 nitrogen and oxygen atoms in total. The first kappa shape index (κ1) is 15.3. The maximum Gasteiger partial charge on any atom is 0.194 e. The highest BCUT2D eigenvalue weighted by Crippen LogP contribution is 2.22. The summed E-state index contributed by atoms with van der Waals surface area (Å²) >= 11 is 1.49. The number of nitrogens with zero attached hydrogens (tertiary/aromatic N) is 3. The maximum atomic E-state index is 13.3. The van der Waals surface area contributed by atoms with E-state index in [1.807, 2.05) is 11.2 Å². The molecule has 0 fully saturated rings. The van der Waals surface area contributed by atoms with Crippen LogP contribution in [0.3, 0.4) is 0 Å². The number of halogens is 3. The van der Waals surface area contributed by atoms with Crippen LogP contribution in [-0.2, 0) is 19.5 Å². The van der Waals surface area contributed by atoms with E-state index >= 15 is 0 Å². The first-order chi connectivity index (χ1) is 10.6. The van der Waals surface area contributed by atoms with Crippen LogP contribution >= 0.6 is 11.8 Å². The Bertz CT molecular complexity index is 685. The zero-order valence-corrected chi connectivity index (χ0v) is 12.8. The minimum atomic E-state index is -1.43. The predicted molar refractivity (Wildman–Crippen MR) is 77.9 cm³/mol. The summed E-state index contributed by atoms with van der Waals surface area (Å²) in [7, 11) is 0. The van der Waals surface area contributed by atoms with Gasteiger partial charge in [0.1, 0.15) is 0 Å². The molecule has 0 saturated carbocycles. The SMILES string of the molecule is CSc1ncc2c(n1)CCN(Cc1cc(F)c(F)c(F)c1)C2. The second-order valence-corrected chi connectivity index (χ2v) is 5.94. The Hall–Kier alpha value is -1.60. The van der Waals surface area contributed by atoms with Crippen LogP contribution in [0.5, 0.6) is 0 Å². The fourth-order valence-electron chi connectivity index (χ4n) is 2.55. The van der Waals surface area contributed by atoms with Crippen molar-refractivity contribution in [1.29, 1.82) is 0 Å². The van der Waals surface area contributed by atoms with Crippen LogP contribution in [0.4, 0.5) is 13.2 Å². The third kappa shape index (κ3) is 3.10. The smallest absolute Gasteiger partial charge is 0.194 e. The third-order valence-corrected chi connectivity index (χ3v) is 4.19. The lowest BCUT2D eigenvalue weighted by molar-refractivity contribution is 0.241. The quantitative estimate of drug-likeness (QED) is 0.492. The number of rotatable bonds is 3. The van der Waals surface area contributed by atoms with Crippen LogP contribution in [0.15, 0.2) is 23.5 Å². The van der Waals surface area contributed by atoms with Gasteiger partial charge in [-0.2, -0.15) is 0 Å². The molecule has 1 aromatic carbocycles. The van der Waals surface area contributed by atoms with E-state index in [9.17, 15) is 13.2 Å². The highest BCUT2D eigenvalue weighted by atomic mass is 32.2. The number of benzene rings is 1. The second kappa shape index (κ2) is 6.26. The molecule has 0 atom stereocenters. The molecule has 7 heteroatoms. The van der Waals surface area contributed by atoms with Crippen molar-refractivity contribution in [3.05, 3.63) is 52.6 Å². The van der Waals surface area contributed by atoms with Crippen molar-refractivity contribution in [2.75, 3.05) is 12.8 Å². The molecule has 1 aliphatic rings. The van der Waals surface area contributed by atoms with Gasteiger partial charge in [0.25, 0.3) is 0 Å². The summed E-state index contributed by atoms with van der Waals surface area (Å²) in [5, 5.41) is 0.745. The molecule has 3 rings (SSSR count). The summed E-state index contributed by atoms with van der Waals surface area (Å²) < 4.78 is 39.5. The average Bonchev–Trinajstić information content (AvgIpc) is 2.52. The Balaban J connectivity index is 1.75. The summed E-state index contributed by atoms with van der Waals surface area (Å²) in [6.07, 6.45) is 4.48. The lowest BCUT2D eigenvalue weighted by Gasteiger charge is -2.28. The van der Waals surface area contributed by atoms with Gasteiger partial charge < -0.3 is 0 Å². The molecule has 0 radical (unpaired) electrons. The molecule has 0 N–H and O–H groups in total. The zero-order valence-electron chi connectivity index (χ0n) is 11.9. The van der Waals surface area contributed by atoms with Gasteiger partial charge in [-0.1, -0.05) is 11.8 Å². The molecule has 0 unspecified atom stereocenters. The molecule has 0 spiro atoms. The predicted octanol–water partition coefficient (Wildman–Crippen LogP) is 3.17. The van der Waals surface area contributed by atoms with Crippen molar-refractivity contribution >= 4 is 11.8 Å². The molecule has 1 aliphatic heterocycles. The first-order valence-electron chi connectivity index (χ1n) is 6.81. The summed E-state index contributed by atoms with van der Waals surface area (Å²) in [6, 6.07) is 2.09. The molecule has 1 aromatic heterocycles. The minimum Gasteiger partial charge on any atom is -0.294 e. The minimum absolute atomic E-state index is 0.359. The van der Waals surface area contributed by atoms with E-state index in [2.05, 4.69) is 9.97 Å². The zero-order chi connectivity index (χ0) is 15.7. The highest BCUT2D eigenvalue weighted by molar-refractivity contribution is 7.98. The third-order valence-electron chi connectivity index (χ3n) is 3.62. The van der Waals surface area contributed by atoms with Crippen molar-refractivity contribution in [3.63, 3.8) is 0 Å². The van der Waals surface area contributed by atoms with Crippen molar-refractivity contribution in [3.8, 4) is 0 Å². The molecule has 2 aromatic rings. The van der Waals surface area contributed by atoms with E-state index in [1.165, 1.54) is 11.8 Å². The van der Waals surface area contributed by atoms with Crippen molar-refractivity contribution in [2.24, 2.45) is 0 Å². The van der Waals surface area contributed by atoms with Gasteiger partial charge in [-0.3, -0.25) is 4.90 Å². The Morgan fingerprint density at radius 1 is 1.23 bits per heavy atom. The molecule has 116 valence electrons. The monoisotopic (exact) mass is 325 g/mol. The van der Waals surface area contributed by atoms with Gasteiger partial charge >= 0.3 is 0 Å². The largest absolute Gasteiger partial charge is 0.294 e. The fourth-order valence-corrected chi connectivity index (χ4v) is 2.91. The Morgan fingerprint density at radius 3 is 2.64 bits per heavy atom. The lowest BCUT2D eigenvalue weighted by atomic mass is 10.1. The standard InChI is InChI=1S/C15H14F3N3S/c1-22-15-19-6-10-8-21(3-2-13(10)20-15)7-9-4-11(16)14(18)12(17)5-9/h4-6H,2-3,7-8H2,1H3. The average molecular weight is 325 g/mol. The lowest BCUT2D eigenvalue weighted by Crippen LogP contribution is -2.31. The van der Waals surface area contributed by atoms with Crippen LogP contribution < -0.4 is 0 Å². The normalized spacial score (nSPS) is 14.9. The number of fused-ring (bicyclic) bond motifs is 1. The van der Waals surface area contributed by atoms with Gasteiger partial charge in [0.2, 0.25) is 0 Å². The van der Waals surface area contributed by atoms with E-state index in [1.54, 1.807) is 6.20 Å². The van der Waals surface area contributed by atoms with Gasteiger partial charge in [-0.05, 0) is 24.0 Å². The molecular weight excluding hydrogens is 311 g/mol. The Kier molecular flexibility index (Phi) is 4.35. The van der Waals surface area contributed by atoms with Crippen LogP contribution in [0, 0.1) is 17.5 Å². The molecule has 0 saturated heterocycles. The van der Waals surface area contributed by atoms with Crippen molar-refractivity contribution in [2.45, 2.75) is 24.7 Å². The van der Waals surface area contributed by atoms with Gasteiger partial charge in [0.15, 0.2) is 22.6 Å². The molecular formula is C15H14F3N3S. The molecule has 0 amide bonds. The molecule has 22 heavy (non-hydrogen) atoms. The van der Waals surface area contributed by atoms with Crippen LogP contribution in [0.1, 0.15) is 16.8 Å². The first-order valence-corrected chi connectivity index (χ1v) is 8.04. The van der Waals surface area contributed by atoms with E-state index in [0.717, 1.165) is 41.5 Å². The van der Waals surface area contributed by atoms with Crippen LogP contribution in [-0.4, -0.2) is 27.7 Å². The van der Waals surface area contributed by atoms with E-state index in [-0.39, 0.29) is 0 Å². The molecule has 0 bridgehead atoms. The van der Waals surface area contributed by atoms with E-state index < -0.39 is 17.5 Å². The fraction of sp³-hybridized carbons (Fsp3) is 0.333.